The highest BCUT2D eigenvalue weighted by molar-refractivity contribution is 7.89. The normalized spacial score (nSPS) is 22.8. The number of fused-ring (bicyclic) bond motifs is 1. The van der Waals surface area contributed by atoms with Gasteiger partial charge in [0.25, 0.3) is 0 Å². The van der Waals surface area contributed by atoms with Gasteiger partial charge in [0.2, 0.25) is 21.8 Å². The van der Waals surface area contributed by atoms with Crippen molar-refractivity contribution in [3.8, 4) is 0 Å². The zero-order chi connectivity index (χ0) is 21.8. The molecule has 166 valence electrons. The molecule has 9 heteroatoms. The highest BCUT2D eigenvalue weighted by Gasteiger charge is 2.31. The lowest BCUT2D eigenvalue weighted by molar-refractivity contribution is 0.304. The molecule has 8 nitrogen and oxygen atoms in total. The molecule has 0 radical (unpaired) electrons. The van der Waals surface area contributed by atoms with Crippen LogP contribution >= 0.6 is 0 Å². The second-order valence-corrected chi connectivity index (χ2v) is 11.7. The van der Waals surface area contributed by atoms with Crippen molar-refractivity contribution in [2.24, 2.45) is 0 Å². The number of aromatic amines is 1. The maximum atomic E-state index is 13.0. The third-order valence-corrected chi connectivity index (χ3v) is 7.75. The summed E-state index contributed by atoms with van der Waals surface area (Å²) in [4.78, 5) is 8.16. The molecule has 2 N–H and O–H groups in total. The maximum absolute atomic E-state index is 13.0. The number of H-pyrrole nitrogens is 1. The highest BCUT2D eigenvalue weighted by Crippen LogP contribution is 2.39. The Morgan fingerprint density at radius 3 is 2.39 bits per heavy atom. The van der Waals surface area contributed by atoms with Crippen LogP contribution in [-0.2, 0) is 15.4 Å². The lowest BCUT2D eigenvalue weighted by Gasteiger charge is -2.27. The van der Waals surface area contributed by atoms with E-state index in [2.05, 4.69) is 24.9 Å². The first-order valence-corrected chi connectivity index (χ1v) is 12.5. The number of nitrogens with zero attached hydrogens (tertiary/aromatic N) is 3. The van der Waals surface area contributed by atoms with Crippen LogP contribution in [-0.4, -0.2) is 34.6 Å². The molecule has 5 rings (SSSR count). The quantitative estimate of drug-likeness (QED) is 0.613. The highest BCUT2D eigenvalue weighted by atomic mass is 32.2. The first kappa shape index (κ1) is 20.6. The van der Waals surface area contributed by atoms with Crippen LogP contribution in [0.15, 0.2) is 27.5 Å². The summed E-state index contributed by atoms with van der Waals surface area (Å²) in [6, 6.07) is 5.03. The minimum absolute atomic E-state index is 0.0943. The van der Waals surface area contributed by atoms with E-state index in [0.717, 1.165) is 49.9 Å². The molecule has 0 aliphatic heterocycles. The number of aromatic nitrogens is 4. The van der Waals surface area contributed by atoms with Gasteiger partial charge in [-0.2, -0.15) is 0 Å². The van der Waals surface area contributed by atoms with Crippen molar-refractivity contribution in [3.05, 3.63) is 35.8 Å². The second-order valence-electron chi connectivity index (χ2n) is 9.94. The van der Waals surface area contributed by atoms with E-state index in [1.807, 2.05) is 26.8 Å². The van der Waals surface area contributed by atoms with E-state index in [4.69, 9.17) is 4.42 Å². The van der Waals surface area contributed by atoms with Gasteiger partial charge >= 0.3 is 0 Å². The monoisotopic (exact) mass is 443 g/mol. The van der Waals surface area contributed by atoms with Gasteiger partial charge in [0.05, 0.1) is 15.9 Å². The standard InChI is InChI=1S/C22H29N5O3S/c1-22(2,3)21-26-25-20(30-21)14-6-8-15(9-7-14)27-31(28,29)16-10-11-17-18(12-16)24-19(23-17)13-4-5-13/h10-15,27H,4-9H2,1-3H3,(H,23,24). The Kier molecular flexibility index (Phi) is 4.93. The molecule has 2 heterocycles. The first-order valence-electron chi connectivity index (χ1n) is 11.0. The van der Waals surface area contributed by atoms with Gasteiger partial charge in [-0.15, -0.1) is 10.2 Å². The predicted octanol–water partition coefficient (Wildman–Crippen LogP) is 4.13. The van der Waals surface area contributed by atoms with Gasteiger partial charge in [-0.05, 0) is 56.7 Å². The molecule has 2 fully saturated rings. The zero-order valence-corrected chi connectivity index (χ0v) is 19.0. The number of hydrogen-bond acceptors (Lipinski definition) is 6. The Balaban J connectivity index is 1.24. The molecule has 3 aromatic rings. The van der Waals surface area contributed by atoms with Gasteiger partial charge < -0.3 is 9.40 Å². The van der Waals surface area contributed by atoms with Gasteiger partial charge in [0.1, 0.15) is 5.82 Å². The summed E-state index contributed by atoms with van der Waals surface area (Å²) in [6.45, 7) is 6.13. The van der Waals surface area contributed by atoms with E-state index < -0.39 is 10.0 Å². The topological polar surface area (TPSA) is 114 Å². The number of benzene rings is 1. The number of hydrogen-bond donors (Lipinski definition) is 2. The summed E-state index contributed by atoms with van der Waals surface area (Å²) >= 11 is 0. The van der Waals surface area contributed by atoms with Crippen LogP contribution in [0.2, 0.25) is 0 Å². The van der Waals surface area contributed by atoms with Crippen molar-refractivity contribution in [2.45, 2.75) is 87.5 Å². The predicted molar refractivity (Wildman–Crippen MR) is 116 cm³/mol. The first-order chi connectivity index (χ1) is 14.7. The van der Waals surface area contributed by atoms with Crippen molar-refractivity contribution in [1.82, 2.24) is 24.9 Å². The molecule has 0 unspecified atom stereocenters. The fourth-order valence-corrected chi connectivity index (χ4v) is 5.50. The van der Waals surface area contributed by atoms with Crippen LogP contribution in [0.5, 0.6) is 0 Å². The van der Waals surface area contributed by atoms with Crippen LogP contribution in [0.3, 0.4) is 0 Å². The molecule has 31 heavy (non-hydrogen) atoms. The van der Waals surface area contributed by atoms with Crippen molar-refractivity contribution in [3.63, 3.8) is 0 Å². The third kappa shape index (κ3) is 4.25. The van der Waals surface area contributed by atoms with Gasteiger partial charge in [-0.25, -0.2) is 18.1 Å². The van der Waals surface area contributed by atoms with Gasteiger partial charge in [-0.3, -0.25) is 0 Å². The van der Waals surface area contributed by atoms with Crippen molar-refractivity contribution < 1.29 is 12.8 Å². The molecule has 2 aromatic heterocycles. The molecule has 1 aromatic carbocycles. The average Bonchev–Trinajstić information content (AvgIpc) is 3.27. The fourth-order valence-electron chi connectivity index (χ4n) is 4.17. The van der Waals surface area contributed by atoms with Crippen molar-refractivity contribution >= 4 is 21.1 Å². The summed E-state index contributed by atoms with van der Waals surface area (Å²) in [5.41, 5.74) is 1.42. The van der Waals surface area contributed by atoms with Crippen LogP contribution in [0, 0.1) is 0 Å². The lowest BCUT2D eigenvalue weighted by atomic mass is 9.86. The summed E-state index contributed by atoms with van der Waals surface area (Å²) in [5, 5.41) is 8.42. The van der Waals surface area contributed by atoms with E-state index in [-0.39, 0.29) is 22.3 Å². The zero-order valence-electron chi connectivity index (χ0n) is 18.2. The molecule has 0 amide bonds. The number of nitrogens with one attached hydrogen (secondary N) is 2. The Hall–Kier alpha value is -2.26. The molecule has 2 aliphatic carbocycles. The summed E-state index contributed by atoms with van der Waals surface area (Å²) in [7, 11) is -3.60. The second kappa shape index (κ2) is 7.41. The molecule has 0 atom stereocenters. The van der Waals surface area contributed by atoms with E-state index in [9.17, 15) is 8.42 Å². The minimum atomic E-state index is -3.60. The Morgan fingerprint density at radius 2 is 1.74 bits per heavy atom. The van der Waals surface area contributed by atoms with E-state index >= 15 is 0 Å². The summed E-state index contributed by atoms with van der Waals surface area (Å²) < 4.78 is 34.7. The molecule has 2 saturated carbocycles. The number of sulfonamides is 1. The van der Waals surface area contributed by atoms with Crippen LogP contribution in [0.25, 0.3) is 11.0 Å². The average molecular weight is 444 g/mol. The molecular formula is C22H29N5O3S. The number of rotatable bonds is 5. The van der Waals surface area contributed by atoms with Crippen LogP contribution in [0.1, 0.15) is 88.7 Å². The summed E-state index contributed by atoms with van der Waals surface area (Å²) in [5.74, 6) is 2.96. The molecular weight excluding hydrogens is 414 g/mol. The Bertz CT molecular complexity index is 1200. The van der Waals surface area contributed by atoms with E-state index in [1.165, 1.54) is 0 Å². The Labute approximate surface area is 182 Å². The van der Waals surface area contributed by atoms with Gasteiger partial charge in [0.15, 0.2) is 0 Å². The lowest BCUT2D eigenvalue weighted by Crippen LogP contribution is -2.37. The molecule has 0 bridgehead atoms. The van der Waals surface area contributed by atoms with Gasteiger partial charge in [0, 0.05) is 23.3 Å². The van der Waals surface area contributed by atoms with E-state index in [0.29, 0.717) is 23.2 Å². The SMILES string of the molecule is CC(C)(C)c1nnc(C2CCC(NS(=O)(=O)c3ccc4[nH]c(C5CC5)nc4c3)CC2)o1. The number of imidazole rings is 1. The van der Waals surface area contributed by atoms with Crippen molar-refractivity contribution in [2.75, 3.05) is 0 Å². The largest absolute Gasteiger partial charge is 0.424 e. The molecule has 2 aliphatic rings. The maximum Gasteiger partial charge on any atom is 0.240 e. The fraction of sp³-hybridized carbons (Fsp3) is 0.591. The van der Waals surface area contributed by atoms with Gasteiger partial charge in [-0.1, -0.05) is 20.8 Å². The molecule has 0 spiro atoms. The Morgan fingerprint density at radius 1 is 1.03 bits per heavy atom. The van der Waals surface area contributed by atoms with Crippen LogP contribution in [0.4, 0.5) is 0 Å². The smallest absolute Gasteiger partial charge is 0.240 e. The van der Waals surface area contributed by atoms with Crippen molar-refractivity contribution in [1.29, 1.82) is 0 Å². The van der Waals surface area contributed by atoms with E-state index in [1.54, 1.807) is 12.1 Å². The van der Waals surface area contributed by atoms with Crippen LogP contribution < -0.4 is 4.72 Å². The summed E-state index contributed by atoms with van der Waals surface area (Å²) in [6.07, 6.45) is 5.43. The minimum Gasteiger partial charge on any atom is -0.424 e. The third-order valence-electron chi connectivity index (χ3n) is 6.23. The molecule has 0 saturated heterocycles.